The zero-order valence-electron chi connectivity index (χ0n) is 17.9. The monoisotopic (exact) mass is 432 g/mol. The summed E-state index contributed by atoms with van der Waals surface area (Å²) in [6.07, 6.45) is 5.59. The van der Waals surface area contributed by atoms with Crippen LogP contribution in [0.5, 0.6) is 5.75 Å². The highest BCUT2D eigenvalue weighted by molar-refractivity contribution is 6.46. The second kappa shape index (κ2) is 9.09. The van der Waals surface area contributed by atoms with Gasteiger partial charge in [-0.1, -0.05) is 13.0 Å². The number of hydrogen-bond acceptors (Lipinski definition) is 6. The van der Waals surface area contributed by atoms with Crippen molar-refractivity contribution in [3.05, 3.63) is 89.1 Å². The van der Waals surface area contributed by atoms with Gasteiger partial charge in [0.15, 0.2) is 0 Å². The summed E-state index contributed by atoms with van der Waals surface area (Å²) in [6, 6.07) is 11.4. The summed E-state index contributed by atoms with van der Waals surface area (Å²) in [7, 11) is 0. The minimum atomic E-state index is -0.787. The van der Waals surface area contributed by atoms with E-state index in [1.807, 2.05) is 13.8 Å². The first-order chi connectivity index (χ1) is 15.5. The molecular formula is C25H24N2O5. The summed E-state index contributed by atoms with van der Waals surface area (Å²) in [5, 5.41) is 11.2. The van der Waals surface area contributed by atoms with E-state index in [0.29, 0.717) is 29.2 Å². The van der Waals surface area contributed by atoms with Crippen LogP contribution in [0, 0.1) is 6.92 Å². The first kappa shape index (κ1) is 21.4. The number of nitrogens with zero attached hydrogens (tertiary/aromatic N) is 2. The molecule has 4 rings (SSSR count). The van der Waals surface area contributed by atoms with Crippen molar-refractivity contribution in [2.24, 2.45) is 0 Å². The van der Waals surface area contributed by atoms with Crippen LogP contribution < -0.4 is 4.74 Å². The molecule has 1 N–H and O–H groups in total. The van der Waals surface area contributed by atoms with Crippen LogP contribution in [-0.2, 0) is 16.1 Å². The van der Waals surface area contributed by atoms with Gasteiger partial charge in [-0.15, -0.1) is 0 Å². The normalized spacial score (nSPS) is 17.7. The number of aryl methyl sites for hydroxylation is 1. The fraction of sp³-hybridized carbons (Fsp3) is 0.240. The molecule has 0 aliphatic carbocycles. The fourth-order valence-corrected chi connectivity index (χ4v) is 3.82. The number of rotatable bonds is 7. The number of ether oxygens (including phenoxy) is 1. The Morgan fingerprint density at radius 2 is 2.06 bits per heavy atom. The van der Waals surface area contributed by atoms with E-state index in [1.54, 1.807) is 54.9 Å². The molecule has 1 aliphatic heterocycles. The molecule has 1 aromatic carbocycles. The molecule has 1 atom stereocenters. The summed E-state index contributed by atoms with van der Waals surface area (Å²) in [5.74, 6) is -0.424. The van der Waals surface area contributed by atoms with Gasteiger partial charge < -0.3 is 19.2 Å². The fourth-order valence-electron chi connectivity index (χ4n) is 3.82. The number of carbonyl (C=O) groups excluding carboxylic acids is 2. The molecule has 164 valence electrons. The predicted molar refractivity (Wildman–Crippen MR) is 118 cm³/mol. The summed E-state index contributed by atoms with van der Waals surface area (Å²) < 4.78 is 11.1. The lowest BCUT2D eigenvalue weighted by atomic mass is 9.95. The number of pyridine rings is 1. The van der Waals surface area contributed by atoms with Crippen molar-refractivity contribution in [2.75, 3.05) is 6.61 Å². The molecule has 1 aliphatic rings. The maximum absolute atomic E-state index is 13.1. The Kier molecular flexibility index (Phi) is 6.07. The molecule has 0 radical (unpaired) electrons. The minimum Gasteiger partial charge on any atom is -0.507 e. The molecule has 3 heterocycles. The molecule has 0 saturated carbocycles. The predicted octanol–water partition coefficient (Wildman–Crippen LogP) is 4.39. The van der Waals surface area contributed by atoms with Crippen LogP contribution in [0.3, 0.4) is 0 Å². The standard InChI is InChI=1S/C25H24N2O5/c1-3-11-32-20-9-8-17(13-16(20)2)23(28)21-22(18-6-4-10-26-14-18)27(25(30)24(21)29)15-19-7-5-12-31-19/h4-10,12-14,22,28H,3,11,15H2,1-2H3/b23-21-. The molecule has 1 fully saturated rings. The highest BCUT2D eigenvalue weighted by Gasteiger charge is 2.46. The van der Waals surface area contributed by atoms with Crippen molar-refractivity contribution < 1.29 is 23.8 Å². The van der Waals surface area contributed by atoms with Crippen LogP contribution in [0.4, 0.5) is 0 Å². The van der Waals surface area contributed by atoms with Gasteiger partial charge in [0.05, 0.1) is 31.0 Å². The van der Waals surface area contributed by atoms with E-state index >= 15 is 0 Å². The zero-order valence-corrected chi connectivity index (χ0v) is 17.9. The number of benzene rings is 1. The lowest BCUT2D eigenvalue weighted by molar-refractivity contribution is -0.140. The van der Waals surface area contributed by atoms with E-state index in [9.17, 15) is 14.7 Å². The Morgan fingerprint density at radius 3 is 2.72 bits per heavy atom. The van der Waals surface area contributed by atoms with E-state index in [0.717, 1.165) is 12.0 Å². The van der Waals surface area contributed by atoms with Gasteiger partial charge in [-0.25, -0.2) is 0 Å². The third kappa shape index (κ3) is 4.01. The Hall–Kier alpha value is -3.87. The molecule has 7 nitrogen and oxygen atoms in total. The molecule has 3 aromatic rings. The Bertz CT molecular complexity index is 1150. The van der Waals surface area contributed by atoms with Gasteiger partial charge in [0.1, 0.15) is 17.3 Å². The Morgan fingerprint density at radius 1 is 1.22 bits per heavy atom. The number of carbonyl (C=O) groups is 2. The van der Waals surface area contributed by atoms with Gasteiger partial charge in [0.2, 0.25) is 0 Å². The van der Waals surface area contributed by atoms with E-state index in [2.05, 4.69) is 4.98 Å². The number of amides is 1. The van der Waals surface area contributed by atoms with Gasteiger partial charge in [0.25, 0.3) is 11.7 Å². The number of aliphatic hydroxyl groups is 1. The largest absolute Gasteiger partial charge is 0.507 e. The van der Waals surface area contributed by atoms with Crippen molar-refractivity contribution in [1.29, 1.82) is 0 Å². The maximum atomic E-state index is 13.1. The summed E-state index contributed by atoms with van der Waals surface area (Å²) in [4.78, 5) is 31.5. The van der Waals surface area contributed by atoms with Gasteiger partial charge in [0, 0.05) is 18.0 Å². The Balaban J connectivity index is 1.79. The first-order valence-corrected chi connectivity index (χ1v) is 10.5. The van der Waals surface area contributed by atoms with Crippen LogP contribution in [0.25, 0.3) is 5.76 Å². The van der Waals surface area contributed by atoms with Crippen LogP contribution in [0.1, 0.15) is 41.8 Å². The number of aromatic nitrogens is 1. The van der Waals surface area contributed by atoms with Gasteiger partial charge in [-0.2, -0.15) is 0 Å². The lowest BCUT2D eigenvalue weighted by Gasteiger charge is -2.24. The second-order valence-corrected chi connectivity index (χ2v) is 7.62. The summed E-state index contributed by atoms with van der Waals surface area (Å²) in [6.45, 7) is 4.58. The van der Waals surface area contributed by atoms with Crippen LogP contribution >= 0.6 is 0 Å². The third-order valence-corrected chi connectivity index (χ3v) is 5.36. The number of ketones is 1. The third-order valence-electron chi connectivity index (χ3n) is 5.36. The molecule has 1 unspecified atom stereocenters. The smallest absolute Gasteiger partial charge is 0.296 e. The highest BCUT2D eigenvalue weighted by Crippen LogP contribution is 2.40. The van der Waals surface area contributed by atoms with E-state index in [1.165, 1.54) is 11.2 Å². The average Bonchev–Trinajstić information content (AvgIpc) is 3.41. The van der Waals surface area contributed by atoms with Crippen LogP contribution in [-0.4, -0.2) is 33.3 Å². The molecule has 32 heavy (non-hydrogen) atoms. The van der Waals surface area contributed by atoms with E-state index < -0.39 is 17.7 Å². The number of furan rings is 1. The first-order valence-electron chi connectivity index (χ1n) is 10.5. The van der Waals surface area contributed by atoms with E-state index in [-0.39, 0.29) is 17.9 Å². The van der Waals surface area contributed by atoms with Crippen molar-refractivity contribution in [3.63, 3.8) is 0 Å². The number of aliphatic hydroxyl groups excluding tert-OH is 1. The molecular weight excluding hydrogens is 408 g/mol. The maximum Gasteiger partial charge on any atom is 0.296 e. The van der Waals surface area contributed by atoms with Gasteiger partial charge in [-0.05, 0) is 60.9 Å². The molecule has 0 spiro atoms. The van der Waals surface area contributed by atoms with Crippen LogP contribution in [0.2, 0.25) is 0 Å². The zero-order chi connectivity index (χ0) is 22.7. The summed E-state index contributed by atoms with van der Waals surface area (Å²) >= 11 is 0. The van der Waals surface area contributed by atoms with E-state index in [4.69, 9.17) is 9.15 Å². The van der Waals surface area contributed by atoms with Crippen molar-refractivity contribution in [2.45, 2.75) is 32.9 Å². The average molecular weight is 432 g/mol. The van der Waals surface area contributed by atoms with Crippen molar-refractivity contribution in [1.82, 2.24) is 9.88 Å². The lowest BCUT2D eigenvalue weighted by Crippen LogP contribution is -2.29. The van der Waals surface area contributed by atoms with Crippen molar-refractivity contribution >= 4 is 17.4 Å². The van der Waals surface area contributed by atoms with Crippen molar-refractivity contribution in [3.8, 4) is 5.75 Å². The van der Waals surface area contributed by atoms with Gasteiger partial charge in [-0.3, -0.25) is 14.6 Å². The molecule has 1 amide bonds. The molecule has 7 heteroatoms. The number of Topliss-reactive ketones (excluding diaryl/α,β-unsaturated/α-hetero) is 1. The number of hydrogen-bond donors (Lipinski definition) is 1. The highest BCUT2D eigenvalue weighted by atomic mass is 16.5. The number of likely N-dealkylation sites (tertiary alicyclic amines) is 1. The molecule has 0 bridgehead atoms. The molecule has 2 aromatic heterocycles. The van der Waals surface area contributed by atoms with Crippen LogP contribution in [0.15, 0.2) is 71.1 Å². The second-order valence-electron chi connectivity index (χ2n) is 7.62. The summed E-state index contributed by atoms with van der Waals surface area (Å²) in [5.41, 5.74) is 1.91. The SMILES string of the molecule is CCCOc1ccc(/C(O)=C2/C(=O)C(=O)N(Cc3ccco3)C2c2cccnc2)cc1C. The van der Waals surface area contributed by atoms with Gasteiger partial charge >= 0.3 is 0 Å². The topological polar surface area (TPSA) is 92.9 Å². The minimum absolute atomic E-state index is 0.0242. The molecule has 1 saturated heterocycles. The Labute approximate surface area is 186 Å². The quantitative estimate of drug-likeness (QED) is 0.338.